The van der Waals surface area contributed by atoms with Crippen LogP contribution in [0.2, 0.25) is 5.02 Å². The predicted octanol–water partition coefficient (Wildman–Crippen LogP) is 7.07. The number of carbonyl (C=O) groups is 1. The van der Waals surface area contributed by atoms with Gasteiger partial charge in [-0.3, -0.25) is 9.88 Å². The first-order valence-electron chi connectivity index (χ1n) is 18.1. The van der Waals surface area contributed by atoms with E-state index in [9.17, 15) is 17.1 Å². The third-order valence-corrected chi connectivity index (χ3v) is 11.3. The maximum absolute atomic E-state index is 16.9. The normalized spacial score (nSPS) is 21.3. The summed E-state index contributed by atoms with van der Waals surface area (Å²) in [4.78, 5) is 30.6. The average molecular weight is 793 g/mol. The maximum Gasteiger partial charge on any atom is 0.410 e. The monoisotopic (exact) mass is 792 g/mol. The third-order valence-electron chi connectivity index (χ3n) is 10.1. The molecule has 0 spiro atoms. The van der Waals surface area contributed by atoms with E-state index in [-0.39, 0.29) is 59.9 Å². The Morgan fingerprint density at radius 1 is 1.04 bits per heavy atom. The lowest BCUT2D eigenvalue weighted by atomic mass is 10.0. The SMILES string of the molecule is CC(C)(C)OC(=O)N1C2CCC1CN(c1nc(OCC3C[C@@H](Oc4cccc(S(=O)(=O)F)c4)CN3)nc3c(F)c(-c4cccc5cccc(Cl)c45)ncc13)C2. The Bertz CT molecular complexity index is 2400. The molecule has 4 atom stereocenters. The molecule has 2 bridgehead atoms. The van der Waals surface area contributed by atoms with Gasteiger partial charge in [0.2, 0.25) is 0 Å². The second kappa shape index (κ2) is 14.3. The van der Waals surface area contributed by atoms with Crippen molar-refractivity contribution in [3.63, 3.8) is 0 Å². The summed E-state index contributed by atoms with van der Waals surface area (Å²) >= 11 is 6.63. The van der Waals surface area contributed by atoms with Gasteiger partial charge in [0.15, 0.2) is 5.82 Å². The molecule has 3 aliphatic rings. The number of amides is 1. The molecule has 16 heteroatoms. The molecule has 1 amide bonds. The van der Waals surface area contributed by atoms with Crippen LogP contribution in [0.5, 0.6) is 11.8 Å². The average Bonchev–Trinajstić information content (AvgIpc) is 3.69. The fourth-order valence-electron chi connectivity index (χ4n) is 7.76. The molecule has 0 aliphatic carbocycles. The quantitative estimate of drug-likeness (QED) is 0.162. The number of aromatic nitrogens is 3. The molecule has 8 rings (SSSR count). The highest BCUT2D eigenvalue weighted by atomic mass is 35.5. The fraction of sp³-hybridized carbons (Fsp3) is 0.385. The minimum atomic E-state index is -4.88. The minimum Gasteiger partial charge on any atom is -0.489 e. The van der Waals surface area contributed by atoms with Gasteiger partial charge in [-0.25, -0.2) is 9.18 Å². The number of anilines is 1. The molecule has 55 heavy (non-hydrogen) atoms. The second-order valence-corrected chi connectivity index (χ2v) is 16.9. The Labute approximate surface area is 322 Å². The number of hydrogen-bond acceptors (Lipinski definition) is 11. The Hall–Kier alpha value is -4.86. The highest BCUT2D eigenvalue weighted by Gasteiger charge is 2.45. The van der Waals surface area contributed by atoms with Gasteiger partial charge in [-0.15, -0.1) is 3.89 Å². The lowest BCUT2D eigenvalue weighted by Gasteiger charge is -2.42. The number of nitrogens with one attached hydrogen (secondary N) is 1. The molecule has 2 aromatic heterocycles. The van der Waals surface area contributed by atoms with E-state index in [0.717, 1.165) is 30.4 Å². The van der Waals surface area contributed by atoms with E-state index < -0.39 is 26.5 Å². The molecule has 5 aromatic rings. The summed E-state index contributed by atoms with van der Waals surface area (Å²) in [6, 6.07) is 15.7. The fourth-order valence-corrected chi connectivity index (χ4v) is 8.54. The first kappa shape index (κ1) is 37.1. The number of fused-ring (bicyclic) bond motifs is 4. The standard InChI is InChI=1S/C39H39ClF2N6O6S/c1-39(2,3)54-38(49)48-24-13-14-25(48)20-47(19-24)36-30-18-44-34(29-11-4-7-22-8-5-12-31(40)32(22)29)33(41)35(30)45-37(46-36)52-21-23-15-27(17-43-23)53-26-9-6-10-28(16-26)55(42,50)51/h4-12,16,18,23-25,27,43H,13-15,17,19-21H2,1-3H3/t23?,24?,25?,27-/m1/s1. The van der Waals surface area contributed by atoms with E-state index in [2.05, 4.69) is 15.3 Å². The second-order valence-electron chi connectivity index (χ2n) is 15.1. The minimum absolute atomic E-state index is 0.0271. The topological polar surface area (TPSA) is 136 Å². The van der Waals surface area contributed by atoms with Crippen LogP contribution in [0, 0.1) is 5.82 Å². The summed E-state index contributed by atoms with van der Waals surface area (Å²) in [5.74, 6) is 0.0133. The van der Waals surface area contributed by atoms with E-state index in [1.165, 1.54) is 6.07 Å². The molecule has 0 saturated carbocycles. The van der Waals surface area contributed by atoms with Gasteiger partial charge in [0, 0.05) is 60.3 Å². The van der Waals surface area contributed by atoms with Gasteiger partial charge in [-0.2, -0.15) is 18.4 Å². The van der Waals surface area contributed by atoms with Gasteiger partial charge in [-0.1, -0.05) is 48.0 Å². The summed E-state index contributed by atoms with van der Waals surface area (Å²) in [6.07, 6.45) is 2.93. The van der Waals surface area contributed by atoms with Crippen molar-refractivity contribution in [1.29, 1.82) is 0 Å². The molecule has 288 valence electrons. The maximum atomic E-state index is 16.9. The van der Waals surface area contributed by atoms with Crippen LogP contribution >= 0.6 is 11.6 Å². The number of pyridine rings is 1. The molecular weight excluding hydrogens is 754 g/mol. The number of piperazine rings is 1. The lowest BCUT2D eigenvalue weighted by Crippen LogP contribution is -2.57. The van der Waals surface area contributed by atoms with Crippen molar-refractivity contribution in [3.05, 3.63) is 77.7 Å². The van der Waals surface area contributed by atoms with E-state index in [1.807, 2.05) is 54.8 Å². The predicted molar refractivity (Wildman–Crippen MR) is 203 cm³/mol. The number of hydrogen-bond donors (Lipinski definition) is 1. The van der Waals surface area contributed by atoms with Gasteiger partial charge in [0.25, 0.3) is 0 Å². The molecule has 3 unspecified atom stereocenters. The van der Waals surface area contributed by atoms with Gasteiger partial charge in [0.05, 0.1) is 17.5 Å². The molecule has 12 nitrogen and oxygen atoms in total. The highest BCUT2D eigenvalue weighted by molar-refractivity contribution is 7.86. The smallest absolute Gasteiger partial charge is 0.410 e. The summed E-state index contributed by atoms with van der Waals surface area (Å²) in [7, 11) is -4.88. The van der Waals surface area contributed by atoms with Crippen molar-refractivity contribution in [2.45, 2.75) is 74.8 Å². The highest BCUT2D eigenvalue weighted by Crippen LogP contribution is 2.40. The summed E-state index contributed by atoms with van der Waals surface area (Å²) < 4.78 is 71.1. The number of nitrogens with zero attached hydrogens (tertiary/aromatic N) is 5. The molecule has 3 saturated heterocycles. The van der Waals surface area contributed by atoms with Gasteiger partial charge in [-0.05, 0) is 57.2 Å². The van der Waals surface area contributed by atoms with E-state index in [0.29, 0.717) is 53.2 Å². The van der Waals surface area contributed by atoms with Gasteiger partial charge < -0.3 is 24.4 Å². The van der Waals surface area contributed by atoms with Crippen LogP contribution < -0.4 is 19.7 Å². The Morgan fingerprint density at radius 2 is 1.76 bits per heavy atom. The van der Waals surface area contributed by atoms with E-state index in [4.69, 9.17) is 30.8 Å². The van der Waals surface area contributed by atoms with Crippen molar-refractivity contribution < 1.29 is 35.7 Å². The van der Waals surface area contributed by atoms with Crippen LogP contribution in [0.1, 0.15) is 40.0 Å². The Morgan fingerprint density at radius 3 is 2.49 bits per heavy atom. The molecule has 3 aromatic carbocycles. The van der Waals surface area contributed by atoms with Crippen LogP contribution in [0.25, 0.3) is 32.9 Å². The van der Waals surface area contributed by atoms with Crippen molar-refractivity contribution in [3.8, 4) is 23.0 Å². The van der Waals surface area contributed by atoms with Crippen molar-refractivity contribution in [2.75, 3.05) is 31.1 Å². The molecule has 3 aliphatic heterocycles. The number of benzene rings is 3. The van der Waals surface area contributed by atoms with Crippen molar-refractivity contribution in [1.82, 2.24) is 25.2 Å². The van der Waals surface area contributed by atoms with Crippen molar-refractivity contribution in [2.24, 2.45) is 0 Å². The first-order valence-corrected chi connectivity index (χ1v) is 19.9. The van der Waals surface area contributed by atoms with Gasteiger partial charge in [0.1, 0.15) is 46.0 Å². The summed E-state index contributed by atoms with van der Waals surface area (Å²) in [5.41, 5.74) is -0.00928. The molecule has 0 radical (unpaired) electrons. The molecule has 3 fully saturated rings. The lowest BCUT2D eigenvalue weighted by molar-refractivity contribution is 0.0122. The molecular formula is C39H39ClF2N6O6S. The largest absolute Gasteiger partial charge is 0.489 e. The number of halogens is 3. The van der Waals surface area contributed by atoms with E-state index in [1.54, 1.807) is 24.4 Å². The number of ether oxygens (including phenoxy) is 3. The Balaban J connectivity index is 1.09. The van der Waals surface area contributed by atoms with Gasteiger partial charge >= 0.3 is 22.3 Å². The van der Waals surface area contributed by atoms with Crippen LogP contribution in [0.4, 0.5) is 18.9 Å². The summed E-state index contributed by atoms with van der Waals surface area (Å²) in [5, 5.41) is 5.68. The van der Waals surface area contributed by atoms with Crippen LogP contribution in [-0.2, 0) is 15.0 Å². The first-order chi connectivity index (χ1) is 26.2. The Kier molecular flexibility index (Phi) is 9.66. The van der Waals surface area contributed by atoms with E-state index >= 15 is 4.39 Å². The molecule has 1 N–H and O–H groups in total. The third kappa shape index (κ3) is 7.57. The van der Waals surface area contributed by atoms with Crippen LogP contribution in [-0.4, -0.2) is 90.4 Å². The zero-order chi connectivity index (χ0) is 38.6. The molecule has 5 heterocycles. The number of rotatable bonds is 8. The zero-order valence-electron chi connectivity index (χ0n) is 30.3. The number of carbonyl (C=O) groups excluding carboxylic acids is 1. The van der Waals surface area contributed by atoms with Crippen LogP contribution in [0.15, 0.2) is 71.8 Å². The van der Waals surface area contributed by atoms with Crippen molar-refractivity contribution >= 4 is 55.4 Å². The summed E-state index contributed by atoms with van der Waals surface area (Å²) in [6.45, 7) is 6.95. The van der Waals surface area contributed by atoms with Crippen LogP contribution in [0.3, 0.4) is 0 Å². The zero-order valence-corrected chi connectivity index (χ0v) is 31.9.